The molecule has 1 rings (SSSR count). The maximum absolute atomic E-state index is 10.7. The van der Waals surface area contributed by atoms with Crippen LogP contribution in [0.3, 0.4) is 0 Å². The van der Waals surface area contributed by atoms with Crippen LogP contribution in [0.5, 0.6) is 0 Å². The summed E-state index contributed by atoms with van der Waals surface area (Å²) in [6.07, 6.45) is 0. The van der Waals surface area contributed by atoms with Gasteiger partial charge in [-0.2, -0.15) is 8.42 Å². The van der Waals surface area contributed by atoms with E-state index in [4.69, 9.17) is 4.55 Å². The van der Waals surface area contributed by atoms with Crippen LogP contribution in [0.25, 0.3) is 0 Å². The van der Waals surface area contributed by atoms with Gasteiger partial charge in [-0.15, -0.1) is 0 Å². The molecule has 0 aromatic rings. The molecule has 4 nitrogen and oxygen atoms in total. The Morgan fingerprint density at radius 1 is 1.38 bits per heavy atom. The summed E-state index contributed by atoms with van der Waals surface area (Å²) in [5.74, 6) is 0.387. The third-order valence-electron chi connectivity index (χ3n) is 2.74. The minimum Gasteiger partial charge on any atom is -0.328 e. The smallest absolute Gasteiger partial charge is 0.265 e. The summed E-state index contributed by atoms with van der Waals surface area (Å²) in [5, 5.41) is 0. The lowest BCUT2D eigenvalue weighted by Crippen LogP contribution is -2.37. The maximum Gasteiger partial charge on any atom is 0.265 e. The second-order valence-electron chi connectivity index (χ2n) is 4.79. The first-order chi connectivity index (χ1) is 5.70. The van der Waals surface area contributed by atoms with Crippen LogP contribution in [0.15, 0.2) is 0 Å². The summed E-state index contributed by atoms with van der Waals surface area (Å²) in [6.45, 7) is 3.87. The van der Waals surface area contributed by atoms with E-state index in [0.717, 1.165) is 17.6 Å². The first-order valence-corrected chi connectivity index (χ1v) is 6.08. The monoisotopic (exact) mass is 208 g/mol. The van der Waals surface area contributed by atoms with Crippen molar-refractivity contribution in [2.45, 2.75) is 6.92 Å². The van der Waals surface area contributed by atoms with Crippen LogP contribution < -0.4 is 0 Å². The number of likely N-dealkylation sites (tertiary alicyclic amines) is 1. The van der Waals surface area contributed by atoms with E-state index in [1.165, 1.54) is 0 Å². The van der Waals surface area contributed by atoms with Crippen molar-refractivity contribution < 1.29 is 17.5 Å². The molecule has 1 aliphatic rings. The summed E-state index contributed by atoms with van der Waals surface area (Å²) in [5.41, 5.74) is 0. The number of rotatable bonds is 2. The van der Waals surface area contributed by atoms with Crippen molar-refractivity contribution in [2.24, 2.45) is 11.8 Å². The summed E-state index contributed by atoms with van der Waals surface area (Å²) in [6, 6.07) is 0. The van der Waals surface area contributed by atoms with Gasteiger partial charge in [-0.25, -0.2) is 0 Å². The zero-order valence-electron chi connectivity index (χ0n) is 8.40. The van der Waals surface area contributed by atoms with Gasteiger partial charge in [0.15, 0.2) is 0 Å². The van der Waals surface area contributed by atoms with E-state index in [1.807, 2.05) is 6.92 Å². The first-order valence-electron chi connectivity index (χ1n) is 4.47. The van der Waals surface area contributed by atoms with Crippen LogP contribution in [0, 0.1) is 11.8 Å². The lowest BCUT2D eigenvalue weighted by atomic mass is 10.0. The fraction of sp³-hybridized carbons (Fsp3) is 1.00. The van der Waals surface area contributed by atoms with Gasteiger partial charge in [-0.05, 0) is 0 Å². The third-order valence-corrected chi connectivity index (χ3v) is 3.59. The molecule has 0 unspecified atom stereocenters. The summed E-state index contributed by atoms with van der Waals surface area (Å²) in [4.78, 5) is 0. The molecule has 0 saturated carbocycles. The van der Waals surface area contributed by atoms with E-state index in [9.17, 15) is 8.42 Å². The second-order valence-corrected chi connectivity index (χ2v) is 6.28. The Balaban J connectivity index is 2.64. The highest BCUT2D eigenvalue weighted by Gasteiger charge is 2.39. The van der Waals surface area contributed by atoms with Crippen molar-refractivity contribution in [1.82, 2.24) is 0 Å². The summed E-state index contributed by atoms with van der Waals surface area (Å²) in [7, 11) is 0.367. The summed E-state index contributed by atoms with van der Waals surface area (Å²) >= 11 is 0. The number of hydrogen-bond acceptors (Lipinski definition) is 2. The van der Waals surface area contributed by atoms with Gasteiger partial charge >= 0.3 is 0 Å². The lowest BCUT2D eigenvalue weighted by molar-refractivity contribution is -0.880. The molecule has 1 N–H and O–H groups in total. The molecular weight excluding hydrogens is 190 g/mol. The highest BCUT2D eigenvalue weighted by Crippen LogP contribution is 2.27. The van der Waals surface area contributed by atoms with Crippen LogP contribution in [0.2, 0.25) is 0 Å². The molecule has 0 spiro atoms. The van der Waals surface area contributed by atoms with Gasteiger partial charge in [-0.1, -0.05) is 6.92 Å². The Morgan fingerprint density at radius 3 is 2.23 bits per heavy atom. The fourth-order valence-electron chi connectivity index (χ4n) is 2.31. The van der Waals surface area contributed by atoms with Crippen LogP contribution in [-0.2, 0) is 10.1 Å². The van der Waals surface area contributed by atoms with Gasteiger partial charge in [0.2, 0.25) is 0 Å². The Bertz CT molecular complexity index is 284. The van der Waals surface area contributed by atoms with E-state index in [2.05, 4.69) is 14.1 Å². The number of quaternary nitrogens is 1. The standard InChI is InChI=1S/C8H17NO3S/c1-7-4-9(2,3)5-8(7)6-13(10,11)12/h7-8H,4-6H2,1-3H3/p+1/t7-,8-/m0/s1. The van der Waals surface area contributed by atoms with Crippen molar-refractivity contribution in [3.8, 4) is 0 Å². The van der Waals surface area contributed by atoms with Gasteiger partial charge in [-0.3, -0.25) is 4.55 Å². The Morgan fingerprint density at radius 2 is 1.92 bits per heavy atom. The van der Waals surface area contributed by atoms with Crippen LogP contribution in [-0.4, -0.2) is 50.4 Å². The van der Waals surface area contributed by atoms with Gasteiger partial charge in [0.25, 0.3) is 10.1 Å². The molecule has 1 saturated heterocycles. The predicted octanol–water partition coefficient (Wildman–Crippen LogP) is 0.216. The van der Waals surface area contributed by atoms with E-state index in [1.54, 1.807) is 0 Å². The summed E-state index contributed by atoms with van der Waals surface area (Å²) < 4.78 is 31.0. The van der Waals surface area contributed by atoms with Crippen LogP contribution in [0.4, 0.5) is 0 Å². The third kappa shape index (κ3) is 3.25. The minimum atomic E-state index is -3.80. The van der Waals surface area contributed by atoms with Crippen molar-refractivity contribution in [1.29, 1.82) is 0 Å². The average Bonchev–Trinajstić information content (AvgIpc) is 2.00. The van der Waals surface area contributed by atoms with Crippen molar-refractivity contribution in [3.05, 3.63) is 0 Å². The Labute approximate surface area is 79.9 Å². The molecule has 0 aliphatic carbocycles. The van der Waals surface area contributed by atoms with Crippen LogP contribution >= 0.6 is 0 Å². The molecule has 1 fully saturated rings. The SMILES string of the molecule is C[C@H]1C[N+](C)(C)C[C@H]1CS(=O)(=O)O. The molecule has 0 amide bonds. The molecular formula is C8H18NO3S+. The van der Waals surface area contributed by atoms with Gasteiger partial charge in [0.1, 0.15) is 0 Å². The Hall–Kier alpha value is -0.130. The average molecular weight is 208 g/mol. The topological polar surface area (TPSA) is 54.4 Å². The zero-order valence-corrected chi connectivity index (χ0v) is 9.21. The molecule has 0 aromatic heterocycles. The maximum atomic E-state index is 10.7. The molecule has 0 bridgehead atoms. The van der Waals surface area contributed by atoms with E-state index >= 15 is 0 Å². The Kier molecular flexibility index (Phi) is 2.71. The molecule has 0 radical (unpaired) electrons. The van der Waals surface area contributed by atoms with E-state index < -0.39 is 10.1 Å². The number of nitrogens with zero attached hydrogens (tertiary/aromatic N) is 1. The van der Waals surface area contributed by atoms with Crippen molar-refractivity contribution in [2.75, 3.05) is 32.9 Å². The molecule has 5 heteroatoms. The quantitative estimate of drug-likeness (QED) is 0.521. The molecule has 78 valence electrons. The molecule has 13 heavy (non-hydrogen) atoms. The van der Waals surface area contributed by atoms with Gasteiger partial charge in [0.05, 0.1) is 32.9 Å². The lowest BCUT2D eigenvalue weighted by Gasteiger charge is -2.23. The molecule has 1 heterocycles. The van der Waals surface area contributed by atoms with E-state index in [-0.39, 0.29) is 11.7 Å². The molecule has 1 aliphatic heterocycles. The van der Waals surface area contributed by atoms with Crippen LogP contribution in [0.1, 0.15) is 6.92 Å². The second kappa shape index (κ2) is 3.22. The fourth-order valence-corrected chi connectivity index (χ4v) is 3.28. The van der Waals surface area contributed by atoms with Gasteiger partial charge < -0.3 is 4.48 Å². The predicted molar refractivity (Wildman–Crippen MR) is 50.9 cm³/mol. The van der Waals surface area contributed by atoms with E-state index in [0.29, 0.717) is 5.92 Å². The normalized spacial score (nSPS) is 33.5. The van der Waals surface area contributed by atoms with Crippen molar-refractivity contribution >= 4 is 10.1 Å². The number of hydrogen-bond donors (Lipinski definition) is 1. The molecule has 2 atom stereocenters. The van der Waals surface area contributed by atoms with Gasteiger partial charge in [0, 0.05) is 11.8 Å². The highest BCUT2D eigenvalue weighted by molar-refractivity contribution is 7.85. The zero-order chi connectivity index (χ0) is 10.3. The minimum absolute atomic E-state index is 0.0875. The van der Waals surface area contributed by atoms with Crippen molar-refractivity contribution in [3.63, 3.8) is 0 Å². The highest BCUT2D eigenvalue weighted by atomic mass is 32.2. The molecule has 0 aromatic carbocycles. The largest absolute Gasteiger partial charge is 0.328 e. The first kappa shape index (κ1) is 10.9.